The fraction of sp³-hybridized carbons (Fsp3) is 0.300. The molecule has 0 atom stereocenters. The van der Waals surface area contributed by atoms with E-state index in [4.69, 9.17) is 0 Å². The molecule has 0 aliphatic rings. The minimum Gasteiger partial charge on any atom is -0.271 e. The lowest BCUT2D eigenvalue weighted by Crippen LogP contribution is -1.95. The number of halogens is 1. The molecule has 2 nitrogen and oxygen atoms in total. The third-order valence-electron chi connectivity index (χ3n) is 2.27. The molecule has 0 aliphatic heterocycles. The first-order valence-corrected chi connectivity index (χ1v) is 5.13. The maximum atomic E-state index is 4.45. The summed E-state index contributed by atoms with van der Waals surface area (Å²) in [5, 5.41) is 5.70. The van der Waals surface area contributed by atoms with Gasteiger partial charge in [-0.3, -0.25) is 4.68 Å². The lowest BCUT2D eigenvalue weighted by Gasteiger charge is -1.96. The Bertz CT molecular complexity index is 445. The van der Waals surface area contributed by atoms with Gasteiger partial charge < -0.3 is 0 Å². The third-order valence-corrected chi connectivity index (χ3v) is 2.91. The van der Waals surface area contributed by atoms with Gasteiger partial charge >= 0.3 is 0 Å². The molecule has 0 spiro atoms. The van der Waals surface area contributed by atoms with E-state index >= 15 is 0 Å². The molecule has 3 heteroatoms. The highest BCUT2D eigenvalue weighted by molar-refractivity contribution is 9.10. The van der Waals surface area contributed by atoms with E-state index in [9.17, 15) is 0 Å². The van der Waals surface area contributed by atoms with Crippen molar-refractivity contribution in [1.29, 1.82) is 0 Å². The van der Waals surface area contributed by atoms with Crippen LogP contribution < -0.4 is 0 Å². The number of hydrogen-bond donors (Lipinski definition) is 0. The Balaban J connectivity index is 2.86. The Morgan fingerprint density at radius 2 is 2.23 bits per heavy atom. The second-order valence-corrected chi connectivity index (χ2v) is 3.91. The number of rotatable bonds is 1. The summed E-state index contributed by atoms with van der Waals surface area (Å²) >= 11 is 3.50. The quantitative estimate of drug-likeness (QED) is 0.748. The molecule has 0 aliphatic carbocycles. The van der Waals surface area contributed by atoms with E-state index in [1.54, 1.807) is 0 Å². The molecule has 0 N–H and O–H groups in total. The Labute approximate surface area is 85.7 Å². The van der Waals surface area contributed by atoms with Gasteiger partial charge in [-0.25, -0.2) is 0 Å². The van der Waals surface area contributed by atoms with E-state index in [2.05, 4.69) is 34.0 Å². The largest absolute Gasteiger partial charge is 0.271 e. The van der Waals surface area contributed by atoms with Crippen molar-refractivity contribution in [3.8, 4) is 0 Å². The van der Waals surface area contributed by atoms with Crippen molar-refractivity contribution >= 4 is 26.8 Å². The molecule has 1 heterocycles. The molecule has 0 saturated heterocycles. The highest BCUT2D eigenvalue weighted by atomic mass is 79.9. The van der Waals surface area contributed by atoms with Crippen LogP contribution in [0.5, 0.6) is 0 Å². The summed E-state index contributed by atoms with van der Waals surface area (Å²) in [5.41, 5.74) is 2.35. The fourth-order valence-electron chi connectivity index (χ4n) is 1.65. The number of fused-ring (bicyclic) bond motifs is 1. The summed E-state index contributed by atoms with van der Waals surface area (Å²) in [4.78, 5) is 0. The van der Waals surface area contributed by atoms with Gasteiger partial charge in [0.2, 0.25) is 0 Å². The molecule has 1 aromatic carbocycles. The van der Waals surface area contributed by atoms with Gasteiger partial charge in [0, 0.05) is 22.6 Å². The summed E-state index contributed by atoms with van der Waals surface area (Å²) in [5.74, 6) is 0. The Morgan fingerprint density at radius 1 is 1.46 bits per heavy atom. The zero-order valence-corrected chi connectivity index (χ0v) is 9.30. The van der Waals surface area contributed by atoms with E-state index in [-0.39, 0.29) is 0 Å². The molecule has 0 bridgehead atoms. The normalized spacial score (nSPS) is 11.0. The van der Waals surface area contributed by atoms with Gasteiger partial charge in [0.25, 0.3) is 0 Å². The van der Waals surface area contributed by atoms with E-state index in [1.807, 2.05) is 23.9 Å². The maximum absolute atomic E-state index is 4.45. The first-order valence-electron chi connectivity index (χ1n) is 4.34. The van der Waals surface area contributed by atoms with Crippen LogP contribution in [0.15, 0.2) is 22.7 Å². The molecule has 0 unspecified atom stereocenters. The van der Waals surface area contributed by atoms with Crippen LogP contribution >= 0.6 is 15.9 Å². The summed E-state index contributed by atoms with van der Waals surface area (Å²) in [6.45, 7) is 2.15. The van der Waals surface area contributed by atoms with Crippen molar-refractivity contribution in [3.63, 3.8) is 0 Å². The molecular formula is C10H11BrN2. The molecule has 0 amide bonds. The van der Waals surface area contributed by atoms with Crippen molar-refractivity contribution in [2.24, 2.45) is 7.05 Å². The summed E-state index contributed by atoms with van der Waals surface area (Å²) < 4.78 is 3.02. The van der Waals surface area contributed by atoms with Crippen molar-refractivity contribution < 1.29 is 0 Å². The maximum Gasteiger partial charge on any atom is 0.107 e. The van der Waals surface area contributed by atoms with Crippen LogP contribution in [0, 0.1) is 0 Å². The van der Waals surface area contributed by atoms with Gasteiger partial charge in [0.15, 0.2) is 0 Å². The second kappa shape index (κ2) is 3.14. The Kier molecular flexibility index (Phi) is 2.12. The van der Waals surface area contributed by atoms with Gasteiger partial charge in [0.1, 0.15) is 5.52 Å². The number of hydrogen-bond acceptors (Lipinski definition) is 1. The van der Waals surface area contributed by atoms with E-state index in [0.717, 1.165) is 16.4 Å². The monoisotopic (exact) mass is 238 g/mol. The minimum atomic E-state index is 1.02. The predicted octanol–water partition coefficient (Wildman–Crippen LogP) is 2.90. The molecule has 1 aromatic heterocycles. The first kappa shape index (κ1) is 8.75. The zero-order chi connectivity index (χ0) is 9.42. The van der Waals surface area contributed by atoms with Gasteiger partial charge in [-0.15, -0.1) is 0 Å². The average Bonchev–Trinajstić information content (AvgIpc) is 2.43. The average molecular weight is 239 g/mol. The van der Waals surface area contributed by atoms with Gasteiger partial charge in [-0.2, -0.15) is 5.10 Å². The Morgan fingerprint density at radius 3 is 2.92 bits per heavy atom. The lowest BCUT2D eigenvalue weighted by molar-refractivity contribution is 0.728. The van der Waals surface area contributed by atoms with Crippen molar-refractivity contribution in [1.82, 2.24) is 9.78 Å². The summed E-state index contributed by atoms with van der Waals surface area (Å²) in [6.07, 6.45) is 1.02. The zero-order valence-electron chi connectivity index (χ0n) is 7.71. The number of aryl methyl sites for hydroxylation is 2. The van der Waals surface area contributed by atoms with Crippen molar-refractivity contribution in [3.05, 3.63) is 28.4 Å². The summed E-state index contributed by atoms with van der Waals surface area (Å²) in [7, 11) is 1.99. The van der Waals surface area contributed by atoms with Crippen LogP contribution in [0.4, 0.5) is 0 Å². The van der Waals surface area contributed by atoms with Gasteiger partial charge in [0.05, 0.1) is 0 Å². The molecule has 0 radical (unpaired) electrons. The van der Waals surface area contributed by atoms with E-state index in [1.165, 1.54) is 11.1 Å². The van der Waals surface area contributed by atoms with Crippen LogP contribution in [0.2, 0.25) is 0 Å². The number of nitrogens with zero attached hydrogens (tertiary/aromatic N) is 2. The number of aromatic nitrogens is 2. The van der Waals surface area contributed by atoms with Gasteiger partial charge in [-0.05, 0) is 28.4 Å². The molecule has 13 heavy (non-hydrogen) atoms. The highest BCUT2D eigenvalue weighted by Gasteiger charge is 2.08. The second-order valence-electron chi connectivity index (χ2n) is 3.06. The lowest BCUT2D eigenvalue weighted by atomic mass is 10.2. The van der Waals surface area contributed by atoms with Crippen LogP contribution in [0.3, 0.4) is 0 Å². The molecule has 2 aromatic rings. The SMILES string of the molecule is CCc1c2cccc(Br)c2nn1C. The molecule has 0 fully saturated rings. The third kappa shape index (κ3) is 1.27. The molecule has 2 rings (SSSR count). The predicted molar refractivity (Wildman–Crippen MR) is 57.8 cm³/mol. The van der Waals surface area contributed by atoms with E-state index < -0.39 is 0 Å². The van der Waals surface area contributed by atoms with E-state index in [0.29, 0.717) is 0 Å². The smallest absolute Gasteiger partial charge is 0.107 e. The van der Waals surface area contributed by atoms with Crippen molar-refractivity contribution in [2.75, 3.05) is 0 Å². The Hall–Kier alpha value is -0.830. The van der Waals surface area contributed by atoms with Crippen LogP contribution in [-0.2, 0) is 13.5 Å². The summed E-state index contributed by atoms with van der Waals surface area (Å²) in [6, 6.07) is 6.19. The first-order chi connectivity index (χ1) is 6.24. The molecule has 68 valence electrons. The standard InChI is InChI=1S/C10H11BrN2/c1-3-9-7-5-4-6-8(11)10(7)12-13(9)2/h4-6H,3H2,1-2H3. The topological polar surface area (TPSA) is 17.8 Å². The fourth-order valence-corrected chi connectivity index (χ4v) is 2.10. The molecule has 0 saturated carbocycles. The van der Waals surface area contributed by atoms with Crippen LogP contribution in [0.25, 0.3) is 10.9 Å². The van der Waals surface area contributed by atoms with Crippen LogP contribution in [-0.4, -0.2) is 9.78 Å². The minimum absolute atomic E-state index is 1.02. The molecular weight excluding hydrogens is 228 g/mol. The van der Waals surface area contributed by atoms with Gasteiger partial charge in [-0.1, -0.05) is 19.1 Å². The highest BCUT2D eigenvalue weighted by Crippen LogP contribution is 2.25. The van der Waals surface area contributed by atoms with Crippen molar-refractivity contribution in [2.45, 2.75) is 13.3 Å². The number of benzene rings is 1. The van der Waals surface area contributed by atoms with Crippen LogP contribution in [0.1, 0.15) is 12.6 Å².